The van der Waals surface area contributed by atoms with E-state index in [0.29, 0.717) is 17.4 Å². The Kier molecular flexibility index (Phi) is 3.84. The van der Waals surface area contributed by atoms with Gasteiger partial charge in [-0.05, 0) is 84.1 Å². The summed E-state index contributed by atoms with van der Waals surface area (Å²) in [5, 5.41) is 0. The highest BCUT2D eigenvalue weighted by Gasteiger charge is 2.50. The van der Waals surface area contributed by atoms with Crippen LogP contribution in [-0.4, -0.2) is 10.9 Å². The van der Waals surface area contributed by atoms with E-state index in [0.717, 1.165) is 17.6 Å². The summed E-state index contributed by atoms with van der Waals surface area (Å²) in [6, 6.07) is 5.43. The van der Waals surface area contributed by atoms with Crippen LogP contribution in [0.4, 0.5) is 0 Å². The number of aryl methyl sites for hydroxylation is 2. The zero-order valence-corrected chi connectivity index (χ0v) is 16.9. The molecule has 0 bridgehead atoms. The van der Waals surface area contributed by atoms with Crippen molar-refractivity contribution in [2.45, 2.75) is 65.8 Å². The first-order valence-corrected chi connectivity index (χ1v) is 9.95. The Balaban J connectivity index is 1.97. The minimum Gasteiger partial charge on any atom is -0.343 e. The number of benzene rings is 1. The molecule has 1 aliphatic carbocycles. The van der Waals surface area contributed by atoms with Gasteiger partial charge in [-0.15, -0.1) is 0 Å². The maximum absolute atomic E-state index is 4.33. The van der Waals surface area contributed by atoms with E-state index in [4.69, 9.17) is 0 Å². The van der Waals surface area contributed by atoms with Gasteiger partial charge in [-0.1, -0.05) is 40.0 Å². The van der Waals surface area contributed by atoms with Crippen LogP contribution in [0.15, 0.2) is 54.3 Å². The number of nitrogens with zero attached hydrogens (tertiary/aromatic N) is 1. The van der Waals surface area contributed by atoms with E-state index in [9.17, 15) is 0 Å². The summed E-state index contributed by atoms with van der Waals surface area (Å²) in [5.41, 5.74) is 10.9. The lowest BCUT2D eigenvalue weighted by molar-refractivity contribution is 0.195. The van der Waals surface area contributed by atoms with E-state index in [1.54, 1.807) is 5.56 Å². The number of hydrogen-bond acceptors (Lipinski definition) is 1. The predicted molar refractivity (Wildman–Crippen MR) is 112 cm³/mol. The molecular formula is C25H31N. The van der Waals surface area contributed by atoms with Gasteiger partial charge in [0.15, 0.2) is 0 Å². The Labute approximate surface area is 158 Å². The molecule has 0 spiro atoms. The molecule has 136 valence electrons. The molecule has 1 nitrogen and oxygen atoms in total. The first-order valence-electron chi connectivity index (χ1n) is 9.95. The second-order valence-electron chi connectivity index (χ2n) is 9.08. The van der Waals surface area contributed by atoms with Gasteiger partial charge in [0.05, 0.1) is 0 Å². The second kappa shape index (κ2) is 5.74. The fourth-order valence-electron chi connectivity index (χ4n) is 5.40. The molecule has 3 aliphatic rings. The highest BCUT2D eigenvalue weighted by Crippen LogP contribution is 2.56. The van der Waals surface area contributed by atoms with E-state index < -0.39 is 0 Å². The van der Waals surface area contributed by atoms with Crippen LogP contribution in [0.5, 0.6) is 0 Å². The van der Waals surface area contributed by atoms with Gasteiger partial charge in [0.25, 0.3) is 0 Å². The second-order valence-corrected chi connectivity index (χ2v) is 9.08. The van der Waals surface area contributed by atoms with E-state index >= 15 is 0 Å². The monoisotopic (exact) mass is 345 g/mol. The number of rotatable bonds is 2. The molecule has 1 fully saturated rings. The Bertz CT molecular complexity index is 878. The normalized spacial score (nSPS) is 25.9. The maximum atomic E-state index is 4.33. The first-order chi connectivity index (χ1) is 12.2. The van der Waals surface area contributed by atoms with Crippen molar-refractivity contribution in [2.24, 2.45) is 5.41 Å². The highest BCUT2D eigenvalue weighted by atomic mass is 15.2. The topological polar surface area (TPSA) is 3.24 Å². The average molecular weight is 346 g/mol. The molecular weight excluding hydrogens is 314 g/mol. The molecule has 0 saturated heterocycles. The smallest absolute Gasteiger partial charge is 0.0491 e. The molecule has 2 atom stereocenters. The third kappa shape index (κ3) is 2.36. The van der Waals surface area contributed by atoms with Gasteiger partial charge in [0, 0.05) is 29.4 Å². The van der Waals surface area contributed by atoms with Crippen LogP contribution in [0.2, 0.25) is 0 Å². The summed E-state index contributed by atoms with van der Waals surface area (Å²) < 4.78 is 0. The summed E-state index contributed by atoms with van der Waals surface area (Å²) in [7, 11) is 0. The molecule has 0 N–H and O–H groups in total. The highest BCUT2D eigenvalue weighted by molar-refractivity contribution is 5.78. The Hall–Kier alpha value is -2.02. The molecule has 2 heterocycles. The average Bonchev–Trinajstić information content (AvgIpc) is 2.89. The summed E-state index contributed by atoms with van der Waals surface area (Å²) in [6.07, 6.45) is 8.26. The quantitative estimate of drug-likeness (QED) is 0.590. The maximum Gasteiger partial charge on any atom is 0.0491 e. The molecule has 4 rings (SSSR count). The molecule has 26 heavy (non-hydrogen) atoms. The number of allylic oxidation sites excluding steroid dienone is 4. The number of fused-ring (bicyclic) bond motifs is 6. The van der Waals surface area contributed by atoms with Crippen LogP contribution in [-0.2, 0) is 6.42 Å². The molecule has 2 aliphatic heterocycles. The molecule has 1 saturated carbocycles. The standard InChI is InChI=1S/C25H31N/c1-8-18-13-21-20(11-16(18)4)19-9-10-25(6,7)24(19)26-14-22(15(2)3)17(5)12-23(21)26/h11-14,19,24H,2,5,8-10H2,1,3-4,6-7H3. The van der Waals surface area contributed by atoms with Gasteiger partial charge in [0.1, 0.15) is 0 Å². The summed E-state index contributed by atoms with van der Waals surface area (Å²) >= 11 is 0. The van der Waals surface area contributed by atoms with Crippen LogP contribution >= 0.6 is 0 Å². The van der Waals surface area contributed by atoms with Crippen molar-refractivity contribution in [3.8, 4) is 0 Å². The fraction of sp³-hybridized carbons (Fsp3) is 0.440. The van der Waals surface area contributed by atoms with Gasteiger partial charge in [0.2, 0.25) is 0 Å². The van der Waals surface area contributed by atoms with Crippen LogP contribution in [0.3, 0.4) is 0 Å². The van der Waals surface area contributed by atoms with Gasteiger partial charge < -0.3 is 4.90 Å². The minimum atomic E-state index is 0.300. The van der Waals surface area contributed by atoms with Crippen LogP contribution in [0.1, 0.15) is 68.7 Å². The van der Waals surface area contributed by atoms with Crippen molar-refractivity contribution in [2.75, 3.05) is 0 Å². The Morgan fingerprint density at radius 1 is 1.31 bits per heavy atom. The lowest BCUT2D eigenvalue weighted by Gasteiger charge is -2.48. The lowest BCUT2D eigenvalue weighted by Crippen LogP contribution is -2.45. The molecule has 1 aromatic rings. The molecule has 2 unspecified atom stereocenters. The Morgan fingerprint density at radius 3 is 2.69 bits per heavy atom. The van der Waals surface area contributed by atoms with E-state index in [1.165, 1.54) is 40.8 Å². The zero-order chi connectivity index (χ0) is 18.8. The first kappa shape index (κ1) is 17.4. The SMILES string of the molecule is C=C(C)C1=CN2C(=CC1=C)c1cc(CC)c(C)cc1C1CCC(C)(C)C12. The number of hydrogen-bond donors (Lipinski definition) is 0. The van der Waals surface area contributed by atoms with Gasteiger partial charge in [-0.2, -0.15) is 0 Å². The summed E-state index contributed by atoms with van der Waals surface area (Å²) in [6.45, 7) is 20.0. The van der Waals surface area contributed by atoms with Crippen LogP contribution in [0.25, 0.3) is 5.70 Å². The Morgan fingerprint density at radius 2 is 2.04 bits per heavy atom. The largest absolute Gasteiger partial charge is 0.343 e. The molecule has 0 radical (unpaired) electrons. The fourth-order valence-corrected chi connectivity index (χ4v) is 5.40. The third-order valence-corrected chi connectivity index (χ3v) is 6.81. The van der Waals surface area contributed by atoms with Crippen molar-refractivity contribution in [1.82, 2.24) is 4.90 Å². The molecule has 0 amide bonds. The van der Waals surface area contributed by atoms with Crippen molar-refractivity contribution in [1.29, 1.82) is 0 Å². The molecule has 1 heteroatoms. The molecule has 1 aromatic carbocycles. The lowest BCUT2D eigenvalue weighted by atomic mass is 9.74. The third-order valence-electron chi connectivity index (χ3n) is 6.81. The predicted octanol–water partition coefficient (Wildman–Crippen LogP) is 6.52. The van der Waals surface area contributed by atoms with Crippen LogP contribution < -0.4 is 0 Å². The summed E-state index contributed by atoms with van der Waals surface area (Å²) in [5.74, 6) is 0.607. The zero-order valence-electron chi connectivity index (χ0n) is 16.9. The van der Waals surface area contributed by atoms with E-state index in [1.807, 2.05) is 0 Å². The molecule has 0 aromatic heterocycles. The summed E-state index contributed by atoms with van der Waals surface area (Å²) in [4.78, 5) is 2.56. The minimum absolute atomic E-state index is 0.300. The van der Waals surface area contributed by atoms with Crippen LogP contribution in [0, 0.1) is 12.3 Å². The van der Waals surface area contributed by atoms with Crippen molar-refractivity contribution >= 4 is 5.70 Å². The van der Waals surface area contributed by atoms with Crippen molar-refractivity contribution in [3.63, 3.8) is 0 Å². The van der Waals surface area contributed by atoms with Gasteiger partial charge in [-0.3, -0.25) is 0 Å². The van der Waals surface area contributed by atoms with E-state index in [2.05, 4.69) is 77.1 Å². The van der Waals surface area contributed by atoms with E-state index in [-0.39, 0.29) is 0 Å². The van der Waals surface area contributed by atoms with Crippen molar-refractivity contribution in [3.05, 3.63) is 76.5 Å². The van der Waals surface area contributed by atoms with Gasteiger partial charge in [-0.25, -0.2) is 0 Å². The van der Waals surface area contributed by atoms with Crippen molar-refractivity contribution < 1.29 is 0 Å². The van der Waals surface area contributed by atoms with Gasteiger partial charge >= 0.3 is 0 Å².